The van der Waals surface area contributed by atoms with E-state index in [4.69, 9.17) is 12.2 Å². The Morgan fingerprint density at radius 3 is 2.15 bits per heavy atom. The summed E-state index contributed by atoms with van der Waals surface area (Å²) >= 11 is 4.83. The Balaban J connectivity index is 2.01. The fraction of sp³-hybridized carbons (Fsp3) is 0.250. The van der Waals surface area contributed by atoms with Gasteiger partial charge in [0, 0.05) is 17.1 Å². The number of hydrogen-bond acceptors (Lipinski definition) is 3. The van der Waals surface area contributed by atoms with Gasteiger partial charge in [0.05, 0.1) is 0 Å². The van der Waals surface area contributed by atoms with E-state index in [1.807, 2.05) is 19.9 Å². The van der Waals surface area contributed by atoms with Gasteiger partial charge in [0.2, 0.25) is 0 Å². The Morgan fingerprint density at radius 2 is 1.62 bits per heavy atom. The highest BCUT2D eigenvalue weighted by Crippen LogP contribution is 2.24. The average molecular weight is 367 g/mol. The van der Waals surface area contributed by atoms with E-state index in [1.54, 1.807) is 6.08 Å². The molecular weight excluding hydrogens is 346 g/mol. The number of amides is 2. The largest absolute Gasteiger partial charge is 0.318 e. The molecule has 0 unspecified atom stereocenters. The highest BCUT2D eigenvalue weighted by Gasteiger charge is 2.26. The van der Waals surface area contributed by atoms with Gasteiger partial charge in [-0.05, 0) is 67.4 Å². The number of hydrogen-bond donors (Lipinski definition) is 2. The van der Waals surface area contributed by atoms with Gasteiger partial charge in [0.15, 0.2) is 5.11 Å². The Kier molecular flexibility index (Phi) is 4.78. The lowest BCUT2D eigenvalue weighted by Gasteiger charge is -2.16. The molecule has 134 valence electrons. The molecule has 1 aliphatic rings. The zero-order valence-electron chi connectivity index (χ0n) is 15.2. The van der Waals surface area contributed by atoms with Crippen LogP contribution < -0.4 is 10.6 Å². The third-order valence-electron chi connectivity index (χ3n) is 4.53. The molecular formula is C20H21N3O2S. The minimum Gasteiger partial charge on any atom is -0.318 e. The topological polar surface area (TPSA) is 63.1 Å². The Morgan fingerprint density at radius 1 is 1.04 bits per heavy atom. The van der Waals surface area contributed by atoms with Crippen molar-refractivity contribution in [2.24, 2.45) is 0 Å². The van der Waals surface area contributed by atoms with Crippen molar-refractivity contribution < 1.29 is 9.59 Å². The van der Waals surface area contributed by atoms with E-state index >= 15 is 0 Å². The Labute approximate surface area is 158 Å². The van der Waals surface area contributed by atoms with Gasteiger partial charge in [-0.3, -0.25) is 20.2 Å². The highest BCUT2D eigenvalue weighted by molar-refractivity contribution is 7.80. The Hall–Kier alpha value is -2.73. The summed E-state index contributed by atoms with van der Waals surface area (Å²) in [6, 6.07) is 10.4. The van der Waals surface area contributed by atoms with Gasteiger partial charge < -0.3 is 4.57 Å². The summed E-state index contributed by atoms with van der Waals surface area (Å²) in [5.74, 6) is -0.486. The van der Waals surface area contributed by atoms with Gasteiger partial charge in [0.25, 0.3) is 11.8 Å². The zero-order valence-corrected chi connectivity index (χ0v) is 16.0. The first-order chi connectivity index (χ1) is 12.3. The predicted octanol–water partition coefficient (Wildman–Crippen LogP) is 3.13. The van der Waals surface area contributed by atoms with E-state index in [9.17, 15) is 9.59 Å². The fourth-order valence-corrected chi connectivity index (χ4v) is 3.29. The van der Waals surface area contributed by atoms with Gasteiger partial charge in [-0.15, -0.1) is 0 Å². The van der Waals surface area contributed by atoms with Gasteiger partial charge >= 0.3 is 0 Å². The molecule has 26 heavy (non-hydrogen) atoms. The van der Waals surface area contributed by atoms with Crippen molar-refractivity contribution in [3.05, 3.63) is 58.4 Å². The lowest BCUT2D eigenvalue weighted by Crippen LogP contribution is -2.51. The zero-order chi connectivity index (χ0) is 19.0. The molecule has 0 spiro atoms. The number of rotatable bonds is 3. The van der Waals surface area contributed by atoms with Crippen LogP contribution in [0.25, 0.3) is 11.8 Å². The monoisotopic (exact) mass is 367 g/mol. The standard InChI is InChI=1S/C20H21N3O2S/c1-11(2)14-5-7-16(8-6-14)23-12(3)9-15(13(23)4)10-17-18(24)21-20(26)22-19(17)25/h5-11H,1-4H3,(H2,21,22,24,25,26). The molecule has 0 saturated carbocycles. The summed E-state index contributed by atoms with van der Waals surface area (Å²) in [5, 5.41) is 4.94. The molecule has 0 radical (unpaired) electrons. The maximum Gasteiger partial charge on any atom is 0.263 e. The van der Waals surface area contributed by atoms with Crippen molar-refractivity contribution in [3.8, 4) is 5.69 Å². The lowest BCUT2D eigenvalue weighted by molar-refractivity contribution is -0.123. The third-order valence-corrected chi connectivity index (χ3v) is 4.74. The van der Waals surface area contributed by atoms with E-state index in [1.165, 1.54) is 5.56 Å². The van der Waals surface area contributed by atoms with Crippen LogP contribution >= 0.6 is 12.2 Å². The van der Waals surface area contributed by atoms with Crippen LogP contribution in [0.1, 0.15) is 42.3 Å². The molecule has 6 heteroatoms. The first kappa shape index (κ1) is 18.1. The SMILES string of the molecule is Cc1cc(C=C2C(=O)NC(=S)NC2=O)c(C)n1-c1ccc(C(C)C)cc1. The van der Waals surface area contributed by atoms with Crippen LogP contribution in [0.2, 0.25) is 0 Å². The summed E-state index contributed by atoms with van der Waals surface area (Å²) < 4.78 is 2.11. The molecule has 0 aliphatic carbocycles. The van der Waals surface area contributed by atoms with E-state index in [2.05, 4.69) is 53.3 Å². The van der Waals surface area contributed by atoms with Crippen molar-refractivity contribution >= 4 is 35.2 Å². The molecule has 5 nitrogen and oxygen atoms in total. The number of nitrogens with zero attached hydrogens (tertiary/aromatic N) is 1. The predicted molar refractivity (Wildman–Crippen MR) is 106 cm³/mol. The molecule has 1 aromatic carbocycles. The van der Waals surface area contributed by atoms with Crippen molar-refractivity contribution in [1.29, 1.82) is 0 Å². The number of nitrogens with one attached hydrogen (secondary N) is 2. The molecule has 1 aromatic heterocycles. The second-order valence-corrected chi connectivity index (χ2v) is 7.11. The lowest BCUT2D eigenvalue weighted by atomic mass is 10.0. The second kappa shape index (κ2) is 6.88. The second-order valence-electron chi connectivity index (χ2n) is 6.70. The van der Waals surface area contributed by atoms with Crippen LogP contribution in [0.3, 0.4) is 0 Å². The first-order valence-corrected chi connectivity index (χ1v) is 8.86. The van der Waals surface area contributed by atoms with Crippen molar-refractivity contribution in [1.82, 2.24) is 15.2 Å². The molecule has 0 bridgehead atoms. The Bertz CT molecular complexity index is 915. The summed E-state index contributed by atoms with van der Waals surface area (Å²) in [6.45, 7) is 8.30. The van der Waals surface area contributed by atoms with Gasteiger partial charge in [-0.25, -0.2) is 0 Å². The summed E-state index contributed by atoms with van der Waals surface area (Å²) in [4.78, 5) is 24.1. The van der Waals surface area contributed by atoms with E-state index in [0.717, 1.165) is 22.6 Å². The summed E-state index contributed by atoms with van der Waals surface area (Å²) in [7, 11) is 0. The average Bonchev–Trinajstić information content (AvgIpc) is 2.84. The number of carbonyl (C=O) groups excluding carboxylic acids is 2. The van der Waals surface area contributed by atoms with E-state index in [0.29, 0.717) is 5.92 Å². The minimum atomic E-state index is -0.482. The number of carbonyl (C=O) groups is 2. The van der Waals surface area contributed by atoms with Crippen LogP contribution in [-0.4, -0.2) is 21.5 Å². The molecule has 3 rings (SSSR count). The maximum absolute atomic E-state index is 12.1. The van der Waals surface area contributed by atoms with Crippen LogP contribution in [0.5, 0.6) is 0 Å². The molecule has 1 saturated heterocycles. The maximum atomic E-state index is 12.1. The van der Waals surface area contributed by atoms with Crippen molar-refractivity contribution in [3.63, 3.8) is 0 Å². The number of aryl methyl sites for hydroxylation is 1. The molecule has 1 fully saturated rings. The molecule has 2 N–H and O–H groups in total. The smallest absolute Gasteiger partial charge is 0.263 e. The molecule has 2 aromatic rings. The van der Waals surface area contributed by atoms with E-state index in [-0.39, 0.29) is 10.7 Å². The molecule has 1 aliphatic heterocycles. The summed E-state index contributed by atoms with van der Waals surface area (Å²) in [6.07, 6.45) is 1.60. The molecule has 0 atom stereocenters. The quantitative estimate of drug-likeness (QED) is 0.498. The number of thiocarbonyl (C=S) groups is 1. The molecule has 2 heterocycles. The van der Waals surface area contributed by atoms with Crippen LogP contribution in [0.4, 0.5) is 0 Å². The molecule has 2 amide bonds. The summed E-state index contributed by atoms with van der Waals surface area (Å²) in [5.41, 5.74) is 5.19. The first-order valence-electron chi connectivity index (χ1n) is 8.45. The highest BCUT2D eigenvalue weighted by atomic mass is 32.1. The fourth-order valence-electron chi connectivity index (χ4n) is 3.10. The number of benzene rings is 1. The van der Waals surface area contributed by atoms with Crippen LogP contribution in [-0.2, 0) is 9.59 Å². The van der Waals surface area contributed by atoms with Gasteiger partial charge in [0.1, 0.15) is 5.57 Å². The number of aromatic nitrogens is 1. The third kappa shape index (κ3) is 3.32. The normalized spacial score (nSPS) is 14.5. The van der Waals surface area contributed by atoms with Crippen molar-refractivity contribution in [2.45, 2.75) is 33.6 Å². The van der Waals surface area contributed by atoms with Crippen LogP contribution in [0.15, 0.2) is 35.9 Å². The van der Waals surface area contributed by atoms with Gasteiger partial charge in [-0.1, -0.05) is 26.0 Å². The minimum absolute atomic E-state index is 0.0351. The van der Waals surface area contributed by atoms with Crippen LogP contribution in [0, 0.1) is 13.8 Å². The van der Waals surface area contributed by atoms with Crippen molar-refractivity contribution in [2.75, 3.05) is 0 Å². The van der Waals surface area contributed by atoms with E-state index < -0.39 is 11.8 Å². The van der Waals surface area contributed by atoms with Gasteiger partial charge in [-0.2, -0.15) is 0 Å².